The molecule has 0 aliphatic rings. The van der Waals surface area contributed by atoms with E-state index in [-0.39, 0.29) is 0 Å². The van der Waals surface area contributed by atoms with Gasteiger partial charge in [-0.1, -0.05) is 0 Å². The van der Waals surface area contributed by atoms with Crippen LogP contribution in [0.2, 0.25) is 0 Å². The van der Waals surface area contributed by atoms with Crippen LogP contribution in [-0.4, -0.2) is 21.0 Å². The molecule has 68 valence electrons. The first-order chi connectivity index (χ1) is 5.40. The lowest BCUT2D eigenvalue weighted by Crippen LogP contribution is -2.28. The number of nitrogens with zero attached hydrogens (tertiary/aromatic N) is 2. The SMILES string of the molecule is Cn1cc[n+](C)c1O[P+](C)(O)O. The van der Waals surface area contributed by atoms with Crippen LogP contribution in [0.3, 0.4) is 0 Å². The van der Waals surface area contributed by atoms with Crippen molar-refractivity contribution >= 4 is 7.94 Å². The van der Waals surface area contributed by atoms with Crippen LogP contribution in [0.15, 0.2) is 12.4 Å². The molecule has 6 heteroatoms. The van der Waals surface area contributed by atoms with Crippen LogP contribution in [0.4, 0.5) is 0 Å². The molecule has 0 amide bonds. The summed E-state index contributed by atoms with van der Waals surface area (Å²) in [5.74, 6) is 0. The third-order valence-corrected chi connectivity index (χ3v) is 1.88. The van der Waals surface area contributed by atoms with Gasteiger partial charge in [-0.25, -0.2) is 4.52 Å². The van der Waals surface area contributed by atoms with Gasteiger partial charge in [0.25, 0.3) is 0 Å². The van der Waals surface area contributed by atoms with Gasteiger partial charge < -0.3 is 0 Å². The number of rotatable bonds is 2. The lowest BCUT2D eigenvalue weighted by atomic mass is 10.9. The Morgan fingerprint density at radius 1 is 1.58 bits per heavy atom. The minimum atomic E-state index is -3.20. The minimum absolute atomic E-state index is 0.427. The Hall–Kier alpha value is -0.640. The summed E-state index contributed by atoms with van der Waals surface area (Å²) >= 11 is 0. The largest absolute Gasteiger partial charge is 0.499 e. The fraction of sp³-hybridized carbons (Fsp3) is 0.500. The highest BCUT2D eigenvalue weighted by Gasteiger charge is 2.35. The van der Waals surface area contributed by atoms with E-state index in [1.165, 1.54) is 6.66 Å². The minimum Gasteiger partial charge on any atom is -0.205 e. The van der Waals surface area contributed by atoms with E-state index in [1.54, 1.807) is 35.6 Å². The van der Waals surface area contributed by atoms with Crippen LogP contribution in [0.1, 0.15) is 0 Å². The number of hydrogen-bond donors (Lipinski definition) is 2. The van der Waals surface area contributed by atoms with Gasteiger partial charge in [-0.15, -0.1) is 0 Å². The maximum atomic E-state index is 9.06. The molecule has 1 rings (SSSR count). The highest BCUT2D eigenvalue weighted by Crippen LogP contribution is 2.45. The monoisotopic (exact) mass is 192 g/mol. The van der Waals surface area contributed by atoms with Crippen molar-refractivity contribution < 1.29 is 18.9 Å². The van der Waals surface area contributed by atoms with Crippen molar-refractivity contribution in [2.45, 2.75) is 0 Å². The van der Waals surface area contributed by atoms with Crippen molar-refractivity contribution in [3.63, 3.8) is 0 Å². The van der Waals surface area contributed by atoms with Crippen molar-refractivity contribution in [3.05, 3.63) is 12.4 Å². The molecule has 0 saturated heterocycles. The van der Waals surface area contributed by atoms with Gasteiger partial charge in [0, 0.05) is 0 Å². The first-order valence-corrected chi connectivity index (χ1v) is 5.48. The van der Waals surface area contributed by atoms with Gasteiger partial charge in [-0.3, -0.25) is 0 Å². The molecule has 0 aromatic carbocycles. The maximum absolute atomic E-state index is 9.06. The molecular weight excluding hydrogens is 179 g/mol. The van der Waals surface area contributed by atoms with Gasteiger partial charge in [0.2, 0.25) is 0 Å². The van der Waals surface area contributed by atoms with E-state index in [4.69, 9.17) is 14.3 Å². The van der Waals surface area contributed by atoms with Crippen LogP contribution >= 0.6 is 7.94 Å². The number of aromatic nitrogens is 2. The number of aryl methyl sites for hydroxylation is 2. The smallest absolute Gasteiger partial charge is 0.205 e. The molecule has 0 spiro atoms. The number of hydrogen-bond acceptors (Lipinski definition) is 3. The average Bonchev–Trinajstić information content (AvgIpc) is 2.16. The number of imidazole rings is 1. The Morgan fingerprint density at radius 2 is 2.17 bits per heavy atom. The van der Waals surface area contributed by atoms with Gasteiger partial charge in [-0.05, 0) is 0 Å². The van der Waals surface area contributed by atoms with Crippen LogP contribution < -0.4 is 9.09 Å². The van der Waals surface area contributed by atoms with Crippen molar-refractivity contribution in [2.75, 3.05) is 6.66 Å². The first kappa shape index (κ1) is 9.45. The summed E-state index contributed by atoms with van der Waals surface area (Å²) in [7, 11) is 0.338. The molecule has 0 bridgehead atoms. The third-order valence-electron chi connectivity index (χ3n) is 1.37. The van der Waals surface area contributed by atoms with Crippen molar-refractivity contribution in [1.29, 1.82) is 0 Å². The zero-order valence-electron chi connectivity index (χ0n) is 7.30. The van der Waals surface area contributed by atoms with Crippen LogP contribution in [0.25, 0.3) is 0 Å². The molecule has 0 aliphatic heterocycles. The second-order valence-corrected chi connectivity index (χ2v) is 4.58. The summed E-state index contributed by atoms with van der Waals surface area (Å²) < 4.78 is 8.29. The normalized spacial score (nSPS) is 11.8. The fourth-order valence-corrected chi connectivity index (χ4v) is 1.43. The summed E-state index contributed by atoms with van der Waals surface area (Å²) in [4.78, 5) is 18.1. The van der Waals surface area contributed by atoms with E-state index in [0.717, 1.165) is 0 Å². The highest BCUT2D eigenvalue weighted by atomic mass is 31.2. The predicted octanol–water partition coefficient (Wildman–Crippen LogP) is -0.395. The summed E-state index contributed by atoms with van der Waals surface area (Å²) in [6.45, 7) is 1.26. The summed E-state index contributed by atoms with van der Waals surface area (Å²) in [6.07, 6.45) is 3.54. The predicted molar refractivity (Wildman–Crippen MR) is 44.5 cm³/mol. The van der Waals surface area contributed by atoms with E-state index < -0.39 is 7.94 Å². The fourth-order valence-electron chi connectivity index (χ4n) is 0.860. The zero-order chi connectivity index (χ0) is 9.35. The van der Waals surface area contributed by atoms with Crippen LogP contribution in [0.5, 0.6) is 6.01 Å². The summed E-state index contributed by atoms with van der Waals surface area (Å²) in [5.41, 5.74) is 0. The lowest BCUT2D eigenvalue weighted by Gasteiger charge is -2.02. The van der Waals surface area contributed by atoms with Gasteiger partial charge in [0.05, 0.1) is 14.1 Å². The summed E-state index contributed by atoms with van der Waals surface area (Å²) in [6, 6.07) is 0.427. The van der Waals surface area contributed by atoms with E-state index in [0.29, 0.717) is 6.01 Å². The maximum Gasteiger partial charge on any atom is 0.499 e. The average molecular weight is 192 g/mol. The molecule has 0 aliphatic carbocycles. The van der Waals surface area contributed by atoms with Gasteiger partial charge in [0.1, 0.15) is 19.1 Å². The molecule has 1 aromatic heterocycles. The summed E-state index contributed by atoms with van der Waals surface area (Å²) in [5, 5.41) is 0. The van der Waals surface area contributed by atoms with Crippen LogP contribution in [0, 0.1) is 0 Å². The Labute approximate surface area is 71.4 Å². The van der Waals surface area contributed by atoms with E-state index in [1.807, 2.05) is 0 Å². The van der Waals surface area contributed by atoms with E-state index in [9.17, 15) is 0 Å². The third kappa shape index (κ3) is 2.17. The topological polar surface area (TPSA) is 58.5 Å². The Balaban J connectivity index is 2.88. The molecule has 0 atom stereocenters. The van der Waals surface area contributed by atoms with Crippen molar-refractivity contribution in [3.8, 4) is 6.01 Å². The molecule has 0 saturated carbocycles. The molecular formula is C6H13N2O3P+2. The van der Waals surface area contributed by atoms with E-state index >= 15 is 0 Å². The molecule has 5 nitrogen and oxygen atoms in total. The van der Waals surface area contributed by atoms with Crippen LogP contribution in [-0.2, 0) is 14.1 Å². The first-order valence-electron chi connectivity index (χ1n) is 3.43. The molecule has 0 unspecified atom stereocenters. The molecule has 12 heavy (non-hydrogen) atoms. The van der Waals surface area contributed by atoms with Crippen molar-refractivity contribution in [1.82, 2.24) is 4.57 Å². The standard InChI is InChI=1S/C6H13N2O3P/c1-7-4-5-8(2)6(7)11-12(3,9)10/h4-5,9-10H,1-3H3/q+2. The lowest BCUT2D eigenvalue weighted by molar-refractivity contribution is -0.674. The molecule has 0 fully saturated rings. The quantitative estimate of drug-likeness (QED) is 0.495. The molecule has 0 radical (unpaired) electrons. The molecule has 2 N–H and O–H groups in total. The zero-order valence-corrected chi connectivity index (χ0v) is 8.19. The van der Waals surface area contributed by atoms with Gasteiger partial charge in [-0.2, -0.15) is 18.9 Å². The second-order valence-electron chi connectivity index (χ2n) is 2.73. The van der Waals surface area contributed by atoms with Crippen molar-refractivity contribution in [2.24, 2.45) is 14.1 Å². The Bertz CT molecular complexity index is 259. The highest BCUT2D eigenvalue weighted by molar-refractivity contribution is 7.59. The molecule has 1 heterocycles. The van der Waals surface area contributed by atoms with Gasteiger partial charge >= 0.3 is 14.0 Å². The van der Waals surface area contributed by atoms with E-state index in [2.05, 4.69) is 0 Å². The Morgan fingerprint density at radius 3 is 2.50 bits per heavy atom. The second kappa shape index (κ2) is 3.01. The Kier molecular flexibility index (Phi) is 2.37. The van der Waals surface area contributed by atoms with Gasteiger partial charge in [0.15, 0.2) is 0 Å². The molecule has 1 aromatic rings.